The molecule has 0 saturated heterocycles. The fourth-order valence-corrected chi connectivity index (χ4v) is 9.32. The van der Waals surface area contributed by atoms with Gasteiger partial charge in [0, 0.05) is 27.1 Å². The van der Waals surface area contributed by atoms with Gasteiger partial charge >= 0.3 is 0 Å². The van der Waals surface area contributed by atoms with Gasteiger partial charge in [-0.2, -0.15) is 0 Å². The van der Waals surface area contributed by atoms with E-state index in [1.807, 2.05) is 18.2 Å². The maximum atomic E-state index is 6.52. The molecule has 0 aliphatic rings. The van der Waals surface area contributed by atoms with E-state index < -0.39 is 0 Å². The SMILES string of the molecule is c1ccc(-c2c3ccccc3c(-c3cccc4c(-c5ccc6oc7ccccc7c6c5-c5ccc6oc7ccccc7c6c5)cccc34)c3ccccc23)cc1. The molecule has 0 amide bonds. The number of furan rings is 2. The van der Waals surface area contributed by atoms with Crippen LogP contribution in [0.4, 0.5) is 0 Å². The fourth-order valence-electron chi connectivity index (χ4n) is 9.32. The Balaban J connectivity index is 1.16. The molecule has 0 saturated carbocycles. The molecule has 0 aliphatic carbocycles. The predicted octanol–water partition coefficient (Wildman–Crippen LogP) is 15.6. The number of rotatable bonds is 4. The molecule has 0 unspecified atom stereocenters. The molecule has 2 aromatic heterocycles. The highest BCUT2D eigenvalue weighted by molar-refractivity contribution is 6.25. The Bertz CT molecular complexity index is 3470. The monoisotopic (exact) mass is 712 g/mol. The molecule has 0 aliphatic heterocycles. The van der Waals surface area contributed by atoms with Crippen LogP contribution in [-0.4, -0.2) is 0 Å². The highest BCUT2D eigenvalue weighted by Gasteiger charge is 2.22. The van der Waals surface area contributed by atoms with Crippen LogP contribution in [0.1, 0.15) is 0 Å². The Morgan fingerprint density at radius 2 is 0.732 bits per heavy atom. The molecule has 12 aromatic rings. The summed E-state index contributed by atoms with van der Waals surface area (Å²) in [4.78, 5) is 0. The number of para-hydroxylation sites is 2. The second-order valence-corrected chi connectivity index (χ2v) is 14.7. The maximum Gasteiger partial charge on any atom is 0.136 e. The second-order valence-electron chi connectivity index (χ2n) is 14.7. The number of benzene rings is 10. The Kier molecular flexibility index (Phi) is 6.66. The molecule has 56 heavy (non-hydrogen) atoms. The standard InChI is InChI=1S/C54H32O2/c1-2-14-33(15-3-1)51-40-17-4-6-19-42(40)53(43-20-7-5-18-41(43)51)39-25-13-22-35-36(39)23-12-24-37(35)44-29-31-50-54(45-21-9-11-27-48(45)56-50)52(44)34-28-30-49-46(32-34)38-16-8-10-26-47(38)55-49/h1-32H. The molecular weight excluding hydrogens is 681 g/mol. The average Bonchev–Trinajstić information content (AvgIpc) is 3.83. The molecule has 2 heteroatoms. The fraction of sp³-hybridized carbons (Fsp3) is 0. The van der Waals surface area contributed by atoms with E-state index in [-0.39, 0.29) is 0 Å². The first kappa shape index (κ1) is 31.0. The molecule has 10 aromatic carbocycles. The van der Waals surface area contributed by atoms with E-state index in [1.54, 1.807) is 0 Å². The lowest BCUT2D eigenvalue weighted by Gasteiger charge is -2.20. The van der Waals surface area contributed by atoms with Crippen molar-refractivity contribution in [1.82, 2.24) is 0 Å². The quantitative estimate of drug-likeness (QED) is 0.170. The van der Waals surface area contributed by atoms with Gasteiger partial charge in [-0.1, -0.05) is 158 Å². The third-order valence-corrected chi connectivity index (χ3v) is 11.7. The Hall–Kier alpha value is -7.42. The van der Waals surface area contributed by atoms with Gasteiger partial charge in [-0.05, 0) is 108 Å². The smallest absolute Gasteiger partial charge is 0.136 e. The topological polar surface area (TPSA) is 26.3 Å². The summed E-state index contributed by atoms with van der Waals surface area (Å²) < 4.78 is 12.8. The number of hydrogen-bond acceptors (Lipinski definition) is 2. The normalized spacial score (nSPS) is 11.9. The molecule has 0 spiro atoms. The van der Waals surface area contributed by atoms with Crippen molar-refractivity contribution < 1.29 is 8.83 Å². The maximum absolute atomic E-state index is 6.52. The van der Waals surface area contributed by atoms with Crippen LogP contribution in [-0.2, 0) is 0 Å². The van der Waals surface area contributed by atoms with Crippen LogP contribution in [0.25, 0.3) is 121 Å². The summed E-state index contributed by atoms with van der Waals surface area (Å²) in [5.41, 5.74) is 13.1. The van der Waals surface area contributed by atoms with Gasteiger partial charge in [-0.3, -0.25) is 0 Å². The van der Waals surface area contributed by atoms with Crippen molar-refractivity contribution in [2.45, 2.75) is 0 Å². The van der Waals surface area contributed by atoms with E-state index in [9.17, 15) is 0 Å². The lowest BCUT2D eigenvalue weighted by molar-refractivity contribution is 0.669. The van der Waals surface area contributed by atoms with Gasteiger partial charge < -0.3 is 8.83 Å². The molecule has 260 valence electrons. The largest absolute Gasteiger partial charge is 0.456 e. The van der Waals surface area contributed by atoms with Crippen molar-refractivity contribution in [3.63, 3.8) is 0 Å². The van der Waals surface area contributed by atoms with E-state index in [0.29, 0.717) is 0 Å². The summed E-state index contributed by atoms with van der Waals surface area (Å²) in [5.74, 6) is 0. The van der Waals surface area contributed by atoms with Crippen LogP contribution in [0.5, 0.6) is 0 Å². The lowest BCUT2D eigenvalue weighted by atomic mass is 9.83. The van der Waals surface area contributed by atoms with Crippen molar-refractivity contribution in [3.8, 4) is 44.5 Å². The Morgan fingerprint density at radius 3 is 1.45 bits per heavy atom. The van der Waals surface area contributed by atoms with Gasteiger partial charge in [0.25, 0.3) is 0 Å². The van der Waals surface area contributed by atoms with E-state index >= 15 is 0 Å². The predicted molar refractivity (Wildman–Crippen MR) is 235 cm³/mol. The van der Waals surface area contributed by atoms with Gasteiger partial charge in [0.15, 0.2) is 0 Å². The third kappa shape index (κ3) is 4.50. The van der Waals surface area contributed by atoms with Crippen LogP contribution < -0.4 is 0 Å². The van der Waals surface area contributed by atoms with Crippen molar-refractivity contribution in [3.05, 3.63) is 194 Å². The van der Waals surface area contributed by atoms with Crippen molar-refractivity contribution in [2.24, 2.45) is 0 Å². The van der Waals surface area contributed by atoms with E-state index in [1.165, 1.54) is 60.1 Å². The molecule has 0 atom stereocenters. The minimum Gasteiger partial charge on any atom is -0.456 e. The van der Waals surface area contributed by atoms with Crippen LogP contribution in [0.2, 0.25) is 0 Å². The van der Waals surface area contributed by atoms with E-state index in [2.05, 4.69) is 176 Å². The lowest BCUT2D eigenvalue weighted by Crippen LogP contribution is -1.92. The molecule has 0 N–H and O–H groups in total. The zero-order valence-corrected chi connectivity index (χ0v) is 30.3. The van der Waals surface area contributed by atoms with Crippen molar-refractivity contribution >= 4 is 76.2 Å². The summed E-state index contributed by atoms with van der Waals surface area (Å²) in [6.07, 6.45) is 0. The van der Waals surface area contributed by atoms with Gasteiger partial charge in [0.2, 0.25) is 0 Å². The summed E-state index contributed by atoms with van der Waals surface area (Å²) in [7, 11) is 0. The first-order chi connectivity index (χ1) is 27.8. The van der Waals surface area contributed by atoms with Crippen LogP contribution in [0.3, 0.4) is 0 Å². The Morgan fingerprint density at radius 1 is 0.232 bits per heavy atom. The third-order valence-electron chi connectivity index (χ3n) is 11.7. The minimum atomic E-state index is 0.875. The van der Waals surface area contributed by atoms with Crippen molar-refractivity contribution in [2.75, 3.05) is 0 Å². The zero-order valence-electron chi connectivity index (χ0n) is 30.3. The van der Waals surface area contributed by atoms with Gasteiger partial charge in [0.1, 0.15) is 22.3 Å². The minimum absolute atomic E-state index is 0.875. The second kappa shape index (κ2) is 12.0. The van der Waals surface area contributed by atoms with Crippen LogP contribution >= 0.6 is 0 Å². The molecular formula is C54H32O2. The molecule has 0 radical (unpaired) electrons. The van der Waals surface area contributed by atoms with Gasteiger partial charge in [-0.15, -0.1) is 0 Å². The first-order valence-electron chi connectivity index (χ1n) is 19.2. The summed E-state index contributed by atoms with van der Waals surface area (Å²) in [5, 5.41) is 11.9. The highest BCUT2D eigenvalue weighted by atomic mass is 16.3. The van der Waals surface area contributed by atoms with Gasteiger partial charge in [-0.25, -0.2) is 0 Å². The summed E-state index contributed by atoms with van der Waals surface area (Å²) >= 11 is 0. The number of fused-ring (bicyclic) bond motifs is 9. The first-order valence-corrected chi connectivity index (χ1v) is 19.2. The summed E-state index contributed by atoms with van der Waals surface area (Å²) in [6, 6.07) is 69.9. The highest BCUT2D eigenvalue weighted by Crippen LogP contribution is 2.49. The molecule has 12 rings (SSSR count). The van der Waals surface area contributed by atoms with Crippen LogP contribution in [0.15, 0.2) is 203 Å². The molecule has 0 bridgehead atoms. The van der Waals surface area contributed by atoms with Crippen LogP contribution in [0, 0.1) is 0 Å². The van der Waals surface area contributed by atoms with Crippen molar-refractivity contribution in [1.29, 1.82) is 0 Å². The molecule has 0 fully saturated rings. The van der Waals surface area contributed by atoms with E-state index in [0.717, 1.165) is 60.6 Å². The molecule has 2 heterocycles. The summed E-state index contributed by atoms with van der Waals surface area (Å²) in [6.45, 7) is 0. The average molecular weight is 713 g/mol. The van der Waals surface area contributed by atoms with E-state index in [4.69, 9.17) is 8.83 Å². The zero-order chi connectivity index (χ0) is 36.7. The number of hydrogen-bond donors (Lipinski definition) is 0. The van der Waals surface area contributed by atoms with Gasteiger partial charge in [0.05, 0.1) is 0 Å². The molecule has 2 nitrogen and oxygen atoms in total. The Labute approximate surface area is 322 Å².